The van der Waals surface area contributed by atoms with Gasteiger partial charge >= 0.3 is 5.97 Å². The summed E-state index contributed by atoms with van der Waals surface area (Å²) in [6, 6.07) is 19.2. The topological polar surface area (TPSA) is 129 Å². The molecule has 3 N–H and O–H groups in total. The van der Waals surface area contributed by atoms with Gasteiger partial charge in [-0.05, 0) is 35.7 Å². The van der Waals surface area contributed by atoms with Gasteiger partial charge in [0.2, 0.25) is 10.9 Å². The van der Waals surface area contributed by atoms with Gasteiger partial charge in [-0.2, -0.15) is 0 Å². The highest BCUT2D eigenvalue weighted by atomic mass is 32.2. The van der Waals surface area contributed by atoms with E-state index < -0.39 is 33.6 Å². The van der Waals surface area contributed by atoms with E-state index in [1.54, 1.807) is 12.1 Å². The molecule has 0 atom stereocenters. The fourth-order valence-electron chi connectivity index (χ4n) is 2.58. The molecule has 0 radical (unpaired) electrons. The Kier molecular flexibility index (Phi) is 6.10. The van der Waals surface area contributed by atoms with Crippen LogP contribution in [0.2, 0.25) is 0 Å². The number of hydrogen-bond donors (Lipinski definition) is 2. The number of carbonyl (C=O) groups excluding carboxylic acids is 2. The molecule has 0 fully saturated rings. The maximum atomic E-state index is 12.2. The average molecular weight is 414 g/mol. The molecular weight excluding hydrogens is 396 g/mol. The summed E-state index contributed by atoms with van der Waals surface area (Å²) < 4.78 is 32.0. The summed E-state index contributed by atoms with van der Waals surface area (Å²) in [5.74, 6) is -1.89. The Balaban J connectivity index is 1.60. The molecule has 0 saturated carbocycles. The highest BCUT2D eigenvalue weighted by Gasteiger charge is 2.19. The molecule has 0 aliphatic rings. The Morgan fingerprint density at radius 1 is 0.966 bits per heavy atom. The molecule has 0 saturated heterocycles. The Morgan fingerprint density at radius 3 is 2.34 bits per heavy atom. The van der Waals surface area contributed by atoms with Crippen LogP contribution in [0.25, 0.3) is 0 Å². The molecule has 29 heavy (non-hydrogen) atoms. The lowest BCUT2D eigenvalue weighted by Gasteiger charge is -2.11. The number of rotatable bonds is 7. The number of esters is 1. The zero-order valence-corrected chi connectivity index (χ0v) is 16.0. The van der Waals surface area contributed by atoms with Gasteiger partial charge in [0.25, 0.3) is 15.9 Å². The lowest BCUT2D eigenvalue weighted by Crippen LogP contribution is -2.21. The van der Waals surface area contributed by atoms with Gasteiger partial charge in [-0.25, -0.2) is 18.4 Å². The van der Waals surface area contributed by atoms with Crippen LogP contribution in [0.15, 0.2) is 76.2 Å². The second kappa shape index (κ2) is 8.72. The Labute approximate surface area is 167 Å². The van der Waals surface area contributed by atoms with Crippen LogP contribution in [-0.2, 0) is 26.0 Å². The van der Waals surface area contributed by atoms with Crippen LogP contribution < -0.4 is 10.5 Å². The summed E-state index contributed by atoms with van der Waals surface area (Å²) in [4.78, 5) is 24.1. The van der Waals surface area contributed by atoms with Gasteiger partial charge in [0, 0.05) is 5.69 Å². The van der Waals surface area contributed by atoms with E-state index in [2.05, 4.69) is 5.32 Å². The third kappa shape index (κ3) is 5.53. The molecule has 0 unspecified atom stereocenters. The molecule has 0 bridgehead atoms. The smallest absolute Gasteiger partial charge is 0.374 e. The van der Waals surface area contributed by atoms with Gasteiger partial charge in [0.05, 0.1) is 0 Å². The van der Waals surface area contributed by atoms with Crippen LogP contribution >= 0.6 is 0 Å². The van der Waals surface area contributed by atoms with Crippen LogP contribution in [0.5, 0.6) is 0 Å². The van der Waals surface area contributed by atoms with Crippen molar-refractivity contribution in [3.05, 3.63) is 83.6 Å². The van der Waals surface area contributed by atoms with E-state index >= 15 is 0 Å². The highest BCUT2D eigenvalue weighted by Crippen LogP contribution is 2.19. The summed E-state index contributed by atoms with van der Waals surface area (Å²) in [7, 11) is -4.07. The van der Waals surface area contributed by atoms with Crippen molar-refractivity contribution < 1.29 is 27.2 Å². The van der Waals surface area contributed by atoms with Crippen LogP contribution in [0.3, 0.4) is 0 Å². The summed E-state index contributed by atoms with van der Waals surface area (Å²) in [6.45, 7) is -0.566. The summed E-state index contributed by atoms with van der Waals surface area (Å²) >= 11 is 0. The van der Waals surface area contributed by atoms with E-state index in [1.807, 2.05) is 42.5 Å². The third-order valence-corrected chi connectivity index (χ3v) is 4.71. The average Bonchev–Trinajstić information content (AvgIpc) is 3.19. The first-order valence-electron chi connectivity index (χ1n) is 8.54. The van der Waals surface area contributed by atoms with Crippen molar-refractivity contribution in [3.8, 4) is 0 Å². The summed E-state index contributed by atoms with van der Waals surface area (Å²) in [5.41, 5.74) is 2.60. The molecule has 1 heterocycles. The number of nitrogens with one attached hydrogen (secondary N) is 1. The number of anilines is 1. The minimum absolute atomic E-state index is 0.369. The van der Waals surface area contributed by atoms with E-state index in [-0.39, 0.29) is 5.76 Å². The number of benzene rings is 2. The maximum absolute atomic E-state index is 12.2. The van der Waals surface area contributed by atoms with Crippen molar-refractivity contribution in [1.82, 2.24) is 0 Å². The van der Waals surface area contributed by atoms with Crippen molar-refractivity contribution in [1.29, 1.82) is 0 Å². The molecule has 1 aromatic heterocycles. The fourth-order valence-corrected chi connectivity index (χ4v) is 3.05. The van der Waals surface area contributed by atoms with E-state index in [4.69, 9.17) is 14.3 Å². The van der Waals surface area contributed by atoms with Gasteiger partial charge in [-0.1, -0.05) is 48.5 Å². The van der Waals surface area contributed by atoms with Crippen molar-refractivity contribution in [2.75, 3.05) is 11.9 Å². The number of sulfonamides is 1. The molecule has 0 aliphatic heterocycles. The summed E-state index contributed by atoms with van der Waals surface area (Å²) in [6.07, 6.45) is 0.625. The lowest BCUT2D eigenvalue weighted by molar-refractivity contribution is -0.119. The zero-order chi connectivity index (χ0) is 20.9. The SMILES string of the molecule is NS(=O)(=O)c1ccc(C(=O)OCC(=O)Nc2ccccc2Cc2ccccc2)o1. The number of carbonyl (C=O) groups is 2. The molecule has 1 amide bonds. The van der Waals surface area contributed by atoms with Crippen LogP contribution in [-0.4, -0.2) is 26.9 Å². The third-order valence-electron chi connectivity index (χ3n) is 3.93. The Hall–Kier alpha value is -3.43. The molecular formula is C20H18N2O6S. The number of primary sulfonamides is 1. The molecule has 9 heteroatoms. The van der Waals surface area contributed by atoms with Gasteiger partial charge in [0.15, 0.2) is 6.61 Å². The van der Waals surface area contributed by atoms with Gasteiger partial charge in [-0.15, -0.1) is 0 Å². The largest absolute Gasteiger partial charge is 0.450 e. The predicted octanol–water partition coefficient (Wildman–Crippen LogP) is 2.31. The maximum Gasteiger partial charge on any atom is 0.374 e. The van der Waals surface area contributed by atoms with Crippen molar-refractivity contribution in [3.63, 3.8) is 0 Å². The number of amides is 1. The molecule has 3 aromatic rings. The number of nitrogens with two attached hydrogens (primary N) is 1. The Bertz CT molecular complexity index is 1120. The minimum Gasteiger partial charge on any atom is -0.450 e. The quantitative estimate of drug-likeness (QED) is 0.571. The number of ether oxygens (including phenoxy) is 1. The zero-order valence-electron chi connectivity index (χ0n) is 15.2. The van der Waals surface area contributed by atoms with Crippen molar-refractivity contribution in [2.24, 2.45) is 5.14 Å². The molecule has 0 aliphatic carbocycles. The predicted molar refractivity (Wildman–Crippen MR) is 105 cm³/mol. The summed E-state index contributed by atoms with van der Waals surface area (Å²) in [5, 5.41) is 7.05. The molecule has 2 aromatic carbocycles. The first-order chi connectivity index (χ1) is 13.8. The first kappa shape index (κ1) is 20.3. The van der Waals surface area contributed by atoms with Crippen LogP contribution in [0.1, 0.15) is 21.7 Å². The fraction of sp³-hybridized carbons (Fsp3) is 0.100. The van der Waals surface area contributed by atoms with E-state index in [1.165, 1.54) is 0 Å². The van der Waals surface area contributed by atoms with Crippen LogP contribution in [0, 0.1) is 0 Å². The molecule has 150 valence electrons. The van der Waals surface area contributed by atoms with Crippen molar-refractivity contribution in [2.45, 2.75) is 11.5 Å². The number of furan rings is 1. The normalized spacial score (nSPS) is 11.1. The highest BCUT2D eigenvalue weighted by molar-refractivity contribution is 7.89. The lowest BCUT2D eigenvalue weighted by atomic mass is 10.0. The van der Waals surface area contributed by atoms with E-state index in [0.29, 0.717) is 12.1 Å². The number of hydrogen-bond acceptors (Lipinski definition) is 6. The molecule has 8 nitrogen and oxygen atoms in total. The van der Waals surface area contributed by atoms with Gasteiger partial charge in [-0.3, -0.25) is 4.79 Å². The second-order valence-electron chi connectivity index (χ2n) is 6.11. The van der Waals surface area contributed by atoms with E-state index in [9.17, 15) is 18.0 Å². The van der Waals surface area contributed by atoms with Crippen LogP contribution in [0.4, 0.5) is 5.69 Å². The first-order valence-corrected chi connectivity index (χ1v) is 10.1. The Morgan fingerprint density at radius 2 is 1.66 bits per heavy atom. The molecule has 0 spiro atoms. The number of para-hydroxylation sites is 1. The van der Waals surface area contributed by atoms with Crippen molar-refractivity contribution >= 4 is 27.6 Å². The van der Waals surface area contributed by atoms with Gasteiger partial charge < -0.3 is 14.5 Å². The van der Waals surface area contributed by atoms with Gasteiger partial charge in [0.1, 0.15) is 0 Å². The standard InChI is InChI=1S/C20H18N2O6S/c21-29(25,26)19-11-10-17(28-19)20(24)27-13-18(23)22-16-9-5-4-8-15(16)12-14-6-2-1-3-7-14/h1-11H,12-13H2,(H,22,23)(H2,21,25,26). The monoisotopic (exact) mass is 414 g/mol. The van der Waals surface area contributed by atoms with E-state index in [0.717, 1.165) is 23.3 Å². The minimum atomic E-state index is -4.07. The molecule has 3 rings (SSSR count). The second-order valence-corrected chi connectivity index (χ2v) is 7.60.